The molecule has 214 valence electrons. The summed E-state index contributed by atoms with van der Waals surface area (Å²) in [4.78, 5) is 33.4. The minimum atomic E-state index is -1.89. The van der Waals surface area contributed by atoms with Crippen LogP contribution in [0.25, 0.3) is 21.5 Å². The molecule has 0 spiro atoms. The quantitative estimate of drug-likeness (QED) is 0.210. The fourth-order valence-electron chi connectivity index (χ4n) is 4.88. The predicted molar refractivity (Wildman–Crippen MR) is 170 cm³/mol. The Morgan fingerprint density at radius 1 is 1.15 bits per heavy atom. The molecule has 1 aliphatic heterocycles. The van der Waals surface area contributed by atoms with Crippen LogP contribution in [0.5, 0.6) is 0 Å². The van der Waals surface area contributed by atoms with Crippen LogP contribution in [0, 0.1) is 0 Å². The molecule has 4 aromatic rings. The highest BCUT2D eigenvalue weighted by molar-refractivity contribution is 7.17. The molecule has 1 saturated heterocycles. The van der Waals surface area contributed by atoms with Gasteiger partial charge in [-0.3, -0.25) is 9.59 Å². The SMILES string of the molecule is CC(C)(C)[Si](C)(C)OC1CN(C(=O)c2ccc(NC(=O)c3snc(-c4cccc5ncsc45)c3C3CC3)cc2Cl)C1. The van der Waals surface area contributed by atoms with E-state index in [-0.39, 0.29) is 23.0 Å². The highest BCUT2D eigenvalue weighted by Crippen LogP contribution is 2.48. The average molecular weight is 625 g/mol. The van der Waals surface area contributed by atoms with Gasteiger partial charge in [-0.25, -0.2) is 4.98 Å². The number of benzene rings is 2. The number of hydrogen-bond acceptors (Lipinski definition) is 7. The Morgan fingerprint density at radius 3 is 2.59 bits per heavy atom. The lowest BCUT2D eigenvalue weighted by Gasteiger charge is -2.46. The van der Waals surface area contributed by atoms with Crippen molar-refractivity contribution >= 4 is 70.5 Å². The van der Waals surface area contributed by atoms with Gasteiger partial charge in [0.1, 0.15) is 4.88 Å². The smallest absolute Gasteiger partial charge is 0.267 e. The molecule has 0 unspecified atom stereocenters. The molecule has 1 N–H and O–H groups in total. The van der Waals surface area contributed by atoms with Crippen molar-refractivity contribution < 1.29 is 14.0 Å². The van der Waals surface area contributed by atoms with E-state index in [4.69, 9.17) is 20.4 Å². The molecule has 1 aliphatic carbocycles. The maximum absolute atomic E-state index is 13.5. The first-order valence-electron chi connectivity index (χ1n) is 13.8. The number of carbonyl (C=O) groups excluding carboxylic acids is 2. The lowest BCUT2D eigenvalue weighted by molar-refractivity contribution is 0.0118. The average Bonchev–Trinajstić information content (AvgIpc) is 3.43. The van der Waals surface area contributed by atoms with Gasteiger partial charge in [0.2, 0.25) is 0 Å². The molecule has 3 heterocycles. The molecular weight excluding hydrogens is 592 g/mol. The third-order valence-corrected chi connectivity index (χ3v) is 15.0. The Bertz CT molecular complexity index is 1650. The summed E-state index contributed by atoms with van der Waals surface area (Å²) in [5.41, 5.74) is 6.66. The van der Waals surface area contributed by atoms with Crippen LogP contribution in [0.1, 0.15) is 65.1 Å². The van der Waals surface area contributed by atoms with E-state index in [1.807, 2.05) is 17.6 Å². The van der Waals surface area contributed by atoms with E-state index in [9.17, 15) is 9.59 Å². The largest absolute Gasteiger partial charge is 0.410 e. The molecule has 41 heavy (non-hydrogen) atoms. The number of rotatable bonds is 7. The maximum Gasteiger partial charge on any atom is 0.267 e. The van der Waals surface area contributed by atoms with Crippen LogP contribution in [0.3, 0.4) is 0 Å². The number of hydrogen-bond donors (Lipinski definition) is 1. The molecule has 7 nitrogen and oxygen atoms in total. The molecule has 2 amide bonds. The summed E-state index contributed by atoms with van der Waals surface area (Å²) >= 11 is 9.38. The van der Waals surface area contributed by atoms with E-state index < -0.39 is 8.32 Å². The molecule has 2 fully saturated rings. The van der Waals surface area contributed by atoms with Crippen LogP contribution in [0.2, 0.25) is 23.2 Å². The summed E-state index contributed by atoms with van der Waals surface area (Å²) in [5.74, 6) is -0.00353. The van der Waals surface area contributed by atoms with Crippen molar-refractivity contribution in [2.24, 2.45) is 0 Å². The van der Waals surface area contributed by atoms with Gasteiger partial charge in [-0.15, -0.1) is 11.3 Å². The Kier molecular flexibility index (Phi) is 7.35. The standard InChI is InChI=1S/C30H33ClN4O3S2Si/c1-30(2,3)41(4,5)38-19-14-35(15-19)29(37)20-12-11-18(13-22(20)31)33-28(36)27-24(17-9-10-17)25(34-40-27)21-7-6-8-23-26(21)39-16-32-23/h6-8,11-13,16-17,19H,9-10,14-15H2,1-5H3,(H,33,36). The van der Waals surface area contributed by atoms with E-state index in [2.05, 4.69) is 50.2 Å². The second kappa shape index (κ2) is 10.6. The van der Waals surface area contributed by atoms with Gasteiger partial charge in [0.15, 0.2) is 8.32 Å². The van der Waals surface area contributed by atoms with Crippen LogP contribution in [0.4, 0.5) is 5.69 Å². The van der Waals surface area contributed by atoms with E-state index in [1.165, 1.54) is 11.5 Å². The third kappa shape index (κ3) is 5.48. The summed E-state index contributed by atoms with van der Waals surface area (Å²) in [5, 5.41) is 3.42. The van der Waals surface area contributed by atoms with Crippen molar-refractivity contribution in [3.05, 3.63) is 62.9 Å². The van der Waals surface area contributed by atoms with Gasteiger partial charge in [0.25, 0.3) is 11.8 Å². The third-order valence-electron chi connectivity index (χ3n) is 8.39. The Balaban J connectivity index is 1.15. The van der Waals surface area contributed by atoms with E-state index in [0.717, 1.165) is 39.9 Å². The van der Waals surface area contributed by atoms with E-state index in [1.54, 1.807) is 34.4 Å². The number of amides is 2. The number of likely N-dealkylation sites (tertiary alicyclic amines) is 1. The van der Waals surface area contributed by atoms with Gasteiger partial charge >= 0.3 is 0 Å². The number of carbonyl (C=O) groups is 2. The van der Waals surface area contributed by atoms with Gasteiger partial charge in [-0.2, -0.15) is 4.37 Å². The lowest BCUT2D eigenvalue weighted by atomic mass is 10.0. The summed E-state index contributed by atoms with van der Waals surface area (Å²) < 4.78 is 12.3. The topological polar surface area (TPSA) is 84.4 Å². The lowest BCUT2D eigenvalue weighted by Crippen LogP contribution is -2.59. The molecule has 6 rings (SSSR count). The Hall–Kier alpha value is -2.63. The van der Waals surface area contributed by atoms with E-state index in [0.29, 0.717) is 40.2 Å². The minimum Gasteiger partial charge on any atom is -0.410 e. The first-order valence-corrected chi connectivity index (χ1v) is 18.8. The van der Waals surface area contributed by atoms with Crippen LogP contribution in [-0.4, -0.2) is 53.6 Å². The number of halogens is 1. The van der Waals surface area contributed by atoms with Crippen LogP contribution in [-0.2, 0) is 4.43 Å². The van der Waals surface area contributed by atoms with Crippen molar-refractivity contribution in [2.75, 3.05) is 18.4 Å². The zero-order valence-corrected chi connectivity index (χ0v) is 27.2. The fourth-order valence-corrected chi connectivity index (χ4v) is 8.15. The number of anilines is 1. The second-order valence-electron chi connectivity index (χ2n) is 12.4. The monoisotopic (exact) mass is 624 g/mol. The summed E-state index contributed by atoms with van der Waals surface area (Å²) in [6, 6.07) is 11.1. The molecule has 0 atom stereocenters. The molecule has 0 radical (unpaired) electrons. The van der Waals surface area contributed by atoms with Crippen molar-refractivity contribution in [3.63, 3.8) is 0 Å². The number of aromatic nitrogens is 2. The molecule has 0 bridgehead atoms. The van der Waals surface area contributed by atoms with Crippen LogP contribution >= 0.6 is 34.5 Å². The molecule has 2 aliphatic rings. The van der Waals surface area contributed by atoms with Crippen molar-refractivity contribution in [1.29, 1.82) is 0 Å². The molecule has 11 heteroatoms. The number of thiazole rings is 1. The van der Waals surface area contributed by atoms with Crippen molar-refractivity contribution in [3.8, 4) is 11.3 Å². The zero-order valence-electron chi connectivity index (χ0n) is 23.8. The summed E-state index contributed by atoms with van der Waals surface area (Å²) in [6.07, 6.45) is 2.15. The van der Waals surface area contributed by atoms with Crippen LogP contribution < -0.4 is 5.32 Å². The molecule has 2 aromatic heterocycles. The van der Waals surface area contributed by atoms with Gasteiger partial charge in [-0.1, -0.05) is 44.5 Å². The van der Waals surface area contributed by atoms with Gasteiger partial charge in [0.05, 0.1) is 38.1 Å². The predicted octanol–water partition coefficient (Wildman–Crippen LogP) is 8.05. The van der Waals surface area contributed by atoms with Gasteiger partial charge in [0, 0.05) is 29.9 Å². The molecule has 2 aromatic carbocycles. The maximum atomic E-state index is 13.5. The number of fused-ring (bicyclic) bond motifs is 1. The number of nitrogens with one attached hydrogen (secondary N) is 1. The van der Waals surface area contributed by atoms with Crippen molar-refractivity contribution in [1.82, 2.24) is 14.3 Å². The van der Waals surface area contributed by atoms with Crippen LogP contribution in [0.15, 0.2) is 41.9 Å². The highest BCUT2D eigenvalue weighted by Gasteiger charge is 2.43. The normalized spacial score (nSPS) is 16.2. The Morgan fingerprint density at radius 2 is 1.90 bits per heavy atom. The van der Waals surface area contributed by atoms with E-state index >= 15 is 0 Å². The minimum absolute atomic E-state index is 0.0604. The molecular formula is C30H33ClN4O3S2Si. The second-order valence-corrected chi connectivity index (χ2v) is 19.2. The Labute approximate surface area is 254 Å². The summed E-state index contributed by atoms with van der Waals surface area (Å²) in [6.45, 7) is 12.2. The highest BCUT2D eigenvalue weighted by atomic mass is 35.5. The zero-order chi connectivity index (χ0) is 29.1. The van der Waals surface area contributed by atoms with Crippen molar-refractivity contribution in [2.45, 2.75) is 63.8 Å². The number of nitrogens with zero attached hydrogens (tertiary/aromatic N) is 3. The van der Waals surface area contributed by atoms with Gasteiger partial charge in [-0.05, 0) is 72.7 Å². The molecule has 1 saturated carbocycles. The fraction of sp³-hybridized carbons (Fsp3) is 0.400. The first kappa shape index (κ1) is 28.5. The first-order chi connectivity index (χ1) is 19.4. The summed E-state index contributed by atoms with van der Waals surface area (Å²) in [7, 11) is -1.89. The van der Waals surface area contributed by atoms with Gasteiger partial charge < -0.3 is 14.6 Å².